The van der Waals surface area contributed by atoms with Gasteiger partial charge in [-0.2, -0.15) is 13.2 Å². The van der Waals surface area contributed by atoms with Crippen LogP contribution in [0.15, 0.2) is 5.38 Å². The SMILES string of the molecule is OC1[C@H](O)CN(C[C@H]2CCN(c3nc(C(F)(F)F)cs3)C2)C[C@@H]1O. The number of aliphatic hydroxyl groups is 3. The fourth-order valence-electron chi connectivity index (χ4n) is 3.29. The Morgan fingerprint density at radius 1 is 1.17 bits per heavy atom. The smallest absolute Gasteiger partial charge is 0.389 e. The number of halogens is 3. The number of rotatable bonds is 3. The number of thiazole rings is 1. The molecule has 0 aromatic carbocycles. The van der Waals surface area contributed by atoms with Gasteiger partial charge in [0, 0.05) is 38.1 Å². The largest absolute Gasteiger partial charge is 0.434 e. The highest BCUT2D eigenvalue weighted by molar-refractivity contribution is 7.13. The second-order valence-electron chi connectivity index (χ2n) is 6.46. The Labute approximate surface area is 141 Å². The van der Waals surface area contributed by atoms with Crippen molar-refractivity contribution in [2.24, 2.45) is 5.92 Å². The number of piperidine rings is 1. The zero-order chi connectivity index (χ0) is 17.5. The summed E-state index contributed by atoms with van der Waals surface area (Å²) >= 11 is 0.991. The van der Waals surface area contributed by atoms with Crippen LogP contribution in [0.1, 0.15) is 12.1 Å². The highest BCUT2D eigenvalue weighted by Crippen LogP contribution is 2.34. The second kappa shape index (κ2) is 6.75. The third kappa shape index (κ3) is 3.83. The lowest BCUT2D eigenvalue weighted by molar-refractivity contribution is -0.140. The van der Waals surface area contributed by atoms with E-state index in [9.17, 15) is 28.5 Å². The van der Waals surface area contributed by atoms with Crippen LogP contribution in [0.5, 0.6) is 0 Å². The van der Waals surface area contributed by atoms with Gasteiger partial charge in [0.05, 0.1) is 12.2 Å². The topological polar surface area (TPSA) is 80.1 Å². The van der Waals surface area contributed by atoms with Crippen molar-refractivity contribution in [1.29, 1.82) is 0 Å². The summed E-state index contributed by atoms with van der Waals surface area (Å²) in [5, 5.41) is 30.4. The van der Waals surface area contributed by atoms with E-state index in [2.05, 4.69) is 4.98 Å². The normalized spacial score (nSPS) is 32.5. The Morgan fingerprint density at radius 3 is 2.42 bits per heavy atom. The average Bonchev–Trinajstić information content (AvgIpc) is 3.12. The maximum atomic E-state index is 12.6. The van der Waals surface area contributed by atoms with Crippen molar-refractivity contribution in [3.05, 3.63) is 11.1 Å². The van der Waals surface area contributed by atoms with Crippen molar-refractivity contribution in [3.8, 4) is 0 Å². The number of nitrogens with zero attached hydrogens (tertiary/aromatic N) is 3. The maximum Gasteiger partial charge on any atom is 0.434 e. The maximum absolute atomic E-state index is 12.6. The molecule has 1 unspecified atom stereocenters. The van der Waals surface area contributed by atoms with Crippen LogP contribution in [0.2, 0.25) is 0 Å². The summed E-state index contributed by atoms with van der Waals surface area (Å²) in [6.45, 7) is 2.41. The quantitative estimate of drug-likeness (QED) is 0.717. The number of β-amino-alcohol motifs (C(OH)–C–C–N with tert-alkyl or cyclic N) is 2. The number of hydrogen-bond acceptors (Lipinski definition) is 7. The van der Waals surface area contributed by atoms with Crippen molar-refractivity contribution in [3.63, 3.8) is 0 Å². The van der Waals surface area contributed by atoms with Crippen molar-refractivity contribution in [2.75, 3.05) is 37.6 Å². The Morgan fingerprint density at radius 2 is 1.83 bits per heavy atom. The van der Waals surface area contributed by atoms with Gasteiger partial charge >= 0.3 is 6.18 Å². The molecular weight excluding hydrogens is 347 g/mol. The summed E-state index contributed by atoms with van der Waals surface area (Å²) in [6, 6.07) is 0. The number of aromatic nitrogens is 1. The molecule has 24 heavy (non-hydrogen) atoms. The Hall–Kier alpha value is -0.940. The molecule has 10 heteroatoms. The van der Waals surface area contributed by atoms with Gasteiger partial charge in [-0.1, -0.05) is 0 Å². The standard InChI is InChI=1S/C14H20F3N3O3S/c15-14(16,17)11-7-24-13(18-11)20-2-1-8(4-20)3-19-5-9(21)12(23)10(22)6-19/h7-10,12,21-23H,1-6H2/t8-,9-,10+,12?/m1/s1. The van der Waals surface area contributed by atoms with E-state index in [1.54, 1.807) is 0 Å². The molecule has 0 amide bonds. The fourth-order valence-corrected chi connectivity index (χ4v) is 4.15. The van der Waals surface area contributed by atoms with Gasteiger partial charge in [0.2, 0.25) is 0 Å². The summed E-state index contributed by atoms with van der Waals surface area (Å²) in [5.74, 6) is 0.220. The number of aliphatic hydroxyl groups excluding tert-OH is 3. The van der Waals surface area contributed by atoms with Crippen molar-refractivity contribution >= 4 is 16.5 Å². The number of likely N-dealkylation sites (tertiary alicyclic amines) is 1. The molecule has 2 aliphatic heterocycles. The van der Waals surface area contributed by atoms with Gasteiger partial charge in [-0.15, -0.1) is 11.3 Å². The lowest BCUT2D eigenvalue weighted by Gasteiger charge is -2.37. The van der Waals surface area contributed by atoms with E-state index >= 15 is 0 Å². The summed E-state index contributed by atoms with van der Waals surface area (Å²) in [7, 11) is 0. The Balaban J connectivity index is 1.55. The lowest BCUT2D eigenvalue weighted by Crippen LogP contribution is -2.56. The molecule has 6 nitrogen and oxygen atoms in total. The molecule has 0 aliphatic carbocycles. The van der Waals surface area contributed by atoms with E-state index in [0.29, 0.717) is 24.8 Å². The van der Waals surface area contributed by atoms with Crippen molar-refractivity contribution in [2.45, 2.75) is 30.9 Å². The minimum absolute atomic E-state index is 0.220. The molecule has 3 heterocycles. The van der Waals surface area contributed by atoms with Crippen LogP contribution in [0, 0.1) is 5.92 Å². The third-order valence-corrected chi connectivity index (χ3v) is 5.44. The molecule has 3 N–H and O–H groups in total. The van der Waals surface area contributed by atoms with Crippen LogP contribution in [-0.2, 0) is 6.18 Å². The second-order valence-corrected chi connectivity index (χ2v) is 7.29. The molecule has 4 atom stereocenters. The summed E-state index contributed by atoms with van der Waals surface area (Å²) in [5.41, 5.74) is -0.859. The van der Waals surface area contributed by atoms with Crippen LogP contribution in [0.4, 0.5) is 18.3 Å². The first-order valence-electron chi connectivity index (χ1n) is 7.78. The van der Waals surface area contributed by atoms with E-state index in [1.165, 1.54) is 0 Å². The average molecular weight is 367 g/mol. The number of anilines is 1. The van der Waals surface area contributed by atoms with Crippen molar-refractivity contribution in [1.82, 2.24) is 9.88 Å². The first-order valence-corrected chi connectivity index (χ1v) is 8.66. The van der Waals surface area contributed by atoms with Crippen LogP contribution in [0.25, 0.3) is 0 Å². The molecule has 3 rings (SSSR count). The van der Waals surface area contributed by atoms with Gasteiger partial charge in [0.15, 0.2) is 10.8 Å². The molecule has 2 aliphatic rings. The summed E-state index contributed by atoms with van der Waals surface area (Å²) < 4.78 is 37.9. The number of hydrogen-bond donors (Lipinski definition) is 3. The predicted molar refractivity (Wildman–Crippen MR) is 81.9 cm³/mol. The summed E-state index contributed by atoms with van der Waals surface area (Å²) in [4.78, 5) is 7.40. The van der Waals surface area contributed by atoms with Crippen LogP contribution in [0.3, 0.4) is 0 Å². The van der Waals surface area contributed by atoms with Crippen LogP contribution in [-0.4, -0.2) is 76.2 Å². The lowest BCUT2D eigenvalue weighted by atomic mass is 10.00. The van der Waals surface area contributed by atoms with E-state index in [4.69, 9.17) is 0 Å². The van der Waals surface area contributed by atoms with Gasteiger partial charge in [-0.25, -0.2) is 4.98 Å². The van der Waals surface area contributed by atoms with Gasteiger partial charge in [-0.05, 0) is 12.3 Å². The molecule has 136 valence electrons. The number of alkyl halides is 3. The zero-order valence-corrected chi connectivity index (χ0v) is 13.7. The minimum atomic E-state index is -4.42. The first kappa shape index (κ1) is 17.9. The van der Waals surface area contributed by atoms with Gasteiger partial charge in [-0.3, -0.25) is 4.90 Å². The summed E-state index contributed by atoms with van der Waals surface area (Å²) in [6.07, 6.45) is -6.71. The van der Waals surface area contributed by atoms with Gasteiger partial charge in [0.1, 0.15) is 6.10 Å². The van der Waals surface area contributed by atoms with Gasteiger partial charge in [0.25, 0.3) is 0 Å². The third-order valence-electron chi connectivity index (χ3n) is 4.53. The van der Waals surface area contributed by atoms with E-state index in [-0.39, 0.29) is 19.0 Å². The first-order chi connectivity index (χ1) is 11.2. The highest BCUT2D eigenvalue weighted by Gasteiger charge is 2.37. The fraction of sp³-hybridized carbons (Fsp3) is 0.786. The molecule has 1 aromatic heterocycles. The molecular formula is C14H20F3N3O3S. The van der Waals surface area contributed by atoms with Crippen molar-refractivity contribution < 1.29 is 28.5 Å². The molecule has 2 fully saturated rings. The molecule has 0 radical (unpaired) electrons. The van der Waals surface area contributed by atoms with E-state index in [0.717, 1.165) is 23.1 Å². The Bertz CT molecular complexity index is 559. The van der Waals surface area contributed by atoms with E-state index in [1.807, 2.05) is 9.80 Å². The molecule has 1 aromatic rings. The molecule has 0 spiro atoms. The van der Waals surface area contributed by atoms with Crippen LogP contribution >= 0.6 is 11.3 Å². The van der Waals surface area contributed by atoms with Gasteiger partial charge < -0.3 is 20.2 Å². The molecule has 0 saturated carbocycles. The molecule has 0 bridgehead atoms. The monoisotopic (exact) mass is 367 g/mol. The zero-order valence-electron chi connectivity index (χ0n) is 12.9. The van der Waals surface area contributed by atoms with E-state index < -0.39 is 30.2 Å². The highest BCUT2D eigenvalue weighted by atomic mass is 32.1. The van der Waals surface area contributed by atoms with Crippen LogP contribution < -0.4 is 4.90 Å². The Kier molecular flexibility index (Phi) is 5.03. The molecule has 2 saturated heterocycles. The predicted octanol–water partition coefficient (Wildman–Crippen LogP) is 0.387. The minimum Gasteiger partial charge on any atom is -0.389 e.